The number of fused-ring (bicyclic) bond motifs is 2. The highest BCUT2D eigenvalue weighted by Crippen LogP contribution is 2.65. The molecule has 3 heterocycles. The number of rotatable bonds is 5. The Balaban J connectivity index is 1.63. The van der Waals surface area contributed by atoms with Gasteiger partial charge in [0.1, 0.15) is 18.1 Å². The number of amides is 3. The van der Waals surface area contributed by atoms with Gasteiger partial charge in [-0.3, -0.25) is 14.4 Å². The maximum atomic E-state index is 13.6. The van der Waals surface area contributed by atoms with E-state index in [2.05, 4.69) is 10.4 Å². The highest BCUT2D eigenvalue weighted by atomic mass is 35.5. The molecule has 2 aromatic heterocycles. The number of hydrogen-bond donors (Lipinski definition) is 2. The van der Waals surface area contributed by atoms with Crippen LogP contribution >= 0.6 is 11.6 Å². The van der Waals surface area contributed by atoms with E-state index in [1.165, 1.54) is 36.4 Å². The molecule has 1 unspecified atom stereocenters. The first kappa shape index (κ1) is 27.7. The van der Waals surface area contributed by atoms with Gasteiger partial charge in [0.2, 0.25) is 11.8 Å². The van der Waals surface area contributed by atoms with Gasteiger partial charge in [0.05, 0.1) is 22.8 Å². The number of pyridine rings is 1. The van der Waals surface area contributed by atoms with Crippen molar-refractivity contribution in [2.24, 2.45) is 22.7 Å². The molecule has 0 radical (unpaired) electrons. The molecule has 13 heteroatoms. The van der Waals surface area contributed by atoms with Crippen molar-refractivity contribution in [3.8, 4) is 6.07 Å². The molecule has 9 nitrogen and oxygen atoms in total. The number of nitrogens with zero attached hydrogens (tertiary/aromatic N) is 4. The lowest BCUT2D eigenvalue weighted by Crippen LogP contribution is -2.60. The first-order valence-corrected chi connectivity index (χ1v) is 12.4. The van der Waals surface area contributed by atoms with Crippen LogP contribution in [0, 0.1) is 34.0 Å². The lowest BCUT2D eigenvalue weighted by atomic mass is 9.85. The first-order chi connectivity index (χ1) is 17.5. The largest absolute Gasteiger partial charge is 0.471 e. The number of halogens is 4. The van der Waals surface area contributed by atoms with Crippen LogP contribution in [0.3, 0.4) is 0 Å². The molecule has 1 aliphatic carbocycles. The summed E-state index contributed by atoms with van der Waals surface area (Å²) in [6.07, 6.45) is -2.12. The Morgan fingerprint density at radius 1 is 1.24 bits per heavy atom. The fourth-order valence-corrected chi connectivity index (χ4v) is 5.75. The lowest BCUT2D eigenvalue weighted by Gasteiger charge is -2.37. The second-order valence-corrected chi connectivity index (χ2v) is 11.9. The normalized spacial score (nSPS) is 23.8. The molecule has 1 aliphatic heterocycles. The number of carbonyl (C=O) groups is 3. The smallest absolute Gasteiger partial charge is 0.336 e. The van der Waals surface area contributed by atoms with Gasteiger partial charge in [0.25, 0.3) is 0 Å². The zero-order valence-corrected chi connectivity index (χ0v) is 22.2. The summed E-state index contributed by atoms with van der Waals surface area (Å²) in [6.45, 7) is 8.63. The highest BCUT2D eigenvalue weighted by Gasteiger charge is 2.70. The van der Waals surface area contributed by atoms with Gasteiger partial charge in [-0.1, -0.05) is 46.2 Å². The number of aromatic nitrogens is 2. The molecule has 0 bridgehead atoms. The third-order valence-electron chi connectivity index (χ3n) is 7.65. The van der Waals surface area contributed by atoms with Crippen molar-refractivity contribution < 1.29 is 27.6 Å². The fraction of sp³-hybridized carbons (Fsp3) is 0.560. The quantitative estimate of drug-likeness (QED) is 0.590. The van der Waals surface area contributed by atoms with E-state index < -0.39 is 47.4 Å². The number of nitriles is 1. The summed E-state index contributed by atoms with van der Waals surface area (Å²) in [7, 11) is 0. The van der Waals surface area contributed by atoms with Crippen LogP contribution in [0.5, 0.6) is 0 Å². The summed E-state index contributed by atoms with van der Waals surface area (Å²) >= 11 is 6.30. The van der Waals surface area contributed by atoms with Gasteiger partial charge in [0.15, 0.2) is 0 Å². The standard InChI is InChI=1S/C25H28ClF3N6O3/c1-23(2,3)19(33-22(38)25(27,28)29)21(37)34-11-13-16(24(13,4)5)18(34)20(36)32-15(9-30)12-10-31-35-8-6-7-14(26)17(12)35/h6-8,10,13,15-16,18-19H,11H2,1-5H3,(H,32,36)(H,33,38)/t13-,15?,16-,18-,19+/m0/s1. The predicted molar refractivity (Wildman–Crippen MR) is 130 cm³/mol. The minimum Gasteiger partial charge on any atom is -0.336 e. The van der Waals surface area contributed by atoms with Crippen molar-refractivity contribution in [1.82, 2.24) is 25.1 Å². The minimum atomic E-state index is -5.18. The Hall–Kier alpha value is -3.33. The molecule has 3 amide bonds. The van der Waals surface area contributed by atoms with E-state index >= 15 is 0 Å². The Morgan fingerprint density at radius 3 is 2.47 bits per heavy atom. The average molecular weight is 553 g/mol. The summed E-state index contributed by atoms with van der Waals surface area (Å²) in [4.78, 5) is 40.2. The maximum Gasteiger partial charge on any atom is 0.471 e. The van der Waals surface area contributed by atoms with Crippen molar-refractivity contribution >= 4 is 34.8 Å². The molecule has 2 N–H and O–H groups in total. The highest BCUT2D eigenvalue weighted by molar-refractivity contribution is 6.34. The molecule has 1 saturated carbocycles. The zero-order valence-electron chi connectivity index (χ0n) is 21.4. The summed E-state index contributed by atoms with van der Waals surface area (Å²) in [5.74, 6) is -3.97. The Kier molecular flexibility index (Phi) is 6.67. The van der Waals surface area contributed by atoms with Crippen LogP contribution in [-0.2, 0) is 14.4 Å². The lowest BCUT2D eigenvalue weighted by molar-refractivity contribution is -0.176. The Bertz CT molecular complexity index is 1340. The average Bonchev–Trinajstić information content (AvgIpc) is 3.20. The summed E-state index contributed by atoms with van der Waals surface area (Å²) in [6, 6.07) is 1.60. The molecule has 0 aromatic carbocycles. The fourth-order valence-electron chi connectivity index (χ4n) is 5.48. The van der Waals surface area contributed by atoms with Gasteiger partial charge in [-0.2, -0.15) is 23.5 Å². The van der Waals surface area contributed by atoms with Crippen LogP contribution in [0.4, 0.5) is 13.2 Å². The van der Waals surface area contributed by atoms with Crippen molar-refractivity contribution in [1.29, 1.82) is 5.26 Å². The third-order valence-corrected chi connectivity index (χ3v) is 7.96. The molecule has 0 spiro atoms. The molecular weight excluding hydrogens is 525 g/mol. The second-order valence-electron chi connectivity index (χ2n) is 11.5. The van der Waals surface area contributed by atoms with E-state index in [0.717, 1.165) is 0 Å². The van der Waals surface area contributed by atoms with Crippen LogP contribution in [-0.4, -0.2) is 57.0 Å². The van der Waals surface area contributed by atoms with Crippen LogP contribution < -0.4 is 10.6 Å². The van der Waals surface area contributed by atoms with Gasteiger partial charge < -0.3 is 15.5 Å². The van der Waals surface area contributed by atoms with Gasteiger partial charge >= 0.3 is 12.1 Å². The molecule has 2 fully saturated rings. The SMILES string of the molecule is CC(C)(C)[C@H](NC(=O)C(F)(F)F)C(=O)N1C[C@H]2[C@@H]([C@H]1C(=O)NC(C#N)c1cnn3cccc(Cl)c13)C2(C)C. The second kappa shape index (κ2) is 9.15. The molecule has 204 valence electrons. The molecule has 1 saturated heterocycles. The van der Waals surface area contributed by atoms with Crippen LogP contribution in [0.2, 0.25) is 5.02 Å². The monoisotopic (exact) mass is 552 g/mol. The van der Waals surface area contributed by atoms with E-state index in [9.17, 15) is 32.8 Å². The van der Waals surface area contributed by atoms with Gasteiger partial charge in [-0.25, -0.2) is 4.52 Å². The molecule has 2 aromatic rings. The maximum absolute atomic E-state index is 13.6. The summed E-state index contributed by atoms with van der Waals surface area (Å²) in [5, 5.41) is 18.9. The molecule has 5 atom stereocenters. The Labute approximate surface area is 222 Å². The van der Waals surface area contributed by atoms with Crippen molar-refractivity contribution in [3.05, 3.63) is 35.1 Å². The van der Waals surface area contributed by atoms with E-state index in [4.69, 9.17) is 11.6 Å². The number of piperidine rings is 1. The van der Waals surface area contributed by atoms with E-state index in [0.29, 0.717) is 16.1 Å². The number of hydrogen-bond acceptors (Lipinski definition) is 5. The minimum absolute atomic E-state index is 0.0620. The van der Waals surface area contributed by atoms with E-state index in [1.807, 2.05) is 25.2 Å². The van der Waals surface area contributed by atoms with Gasteiger partial charge in [0, 0.05) is 18.3 Å². The van der Waals surface area contributed by atoms with Gasteiger partial charge in [-0.05, 0) is 34.8 Å². The number of nitrogens with one attached hydrogen (secondary N) is 2. The third kappa shape index (κ3) is 4.68. The predicted octanol–water partition coefficient (Wildman–Crippen LogP) is 3.24. The van der Waals surface area contributed by atoms with Crippen molar-refractivity contribution in [3.63, 3.8) is 0 Å². The number of carbonyl (C=O) groups excluding carboxylic acids is 3. The van der Waals surface area contributed by atoms with Crippen LogP contribution in [0.15, 0.2) is 24.5 Å². The zero-order chi connectivity index (χ0) is 28.4. The van der Waals surface area contributed by atoms with Crippen LogP contribution in [0.25, 0.3) is 5.52 Å². The summed E-state index contributed by atoms with van der Waals surface area (Å²) < 4.78 is 40.5. The Morgan fingerprint density at radius 2 is 1.89 bits per heavy atom. The van der Waals surface area contributed by atoms with E-state index in [-0.39, 0.29) is 23.8 Å². The topological polar surface area (TPSA) is 120 Å². The molecule has 38 heavy (non-hydrogen) atoms. The first-order valence-electron chi connectivity index (χ1n) is 12.0. The molecular formula is C25H28ClF3N6O3. The number of likely N-dealkylation sites (tertiary alicyclic amines) is 1. The van der Waals surface area contributed by atoms with Crippen molar-refractivity contribution in [2.75, 3.05) is 6.54 Å². The summed E-state index contributed by atoms with van der Waals surface area (Å²) in [5.41, 5.74) is -0.572. The van der Waals surface area contributed by atoms with Crippen LogP contribution in [0.1, 0.15) is 46.2 Å². The molecule has 2 aliphatic rings. The number of alkyl halides is 3. The van der Waals surface area contributed by atoms with E-state index in [1.54, 1.807) is 18.3 Å². The van der Waals surface area contributed by atoms with Gasteiger partial charge in [-0.15, -0.1) is 0 Å². The molecule has 4 rings (SSSR count). The van der Waals surface area contributed by atoms with Crippen molar-refractivity contribution in [2.45, 2.75) is 58.9 Å².